The van der Waals surface area contributed by atoms with Crippen LogP contribution in [0.1, 0.15) is 37.6 Å². The number of carbonyl (C=O) groups is 1. The monoisotopic (exact) mass is 301 g/mol. The lowest BCUT2D eigenvalue weighted by atomic mass is 10.1. The normalized spacial score (nSPS) is 10.7. The Kier molecular flexibility index (Phi) is 5.12. The summed E-state index contributed by atoms with van der Waals surface area (Å²) in [5, 5.41) is 0. The predicted molar refractivity (Wildman–Crippen MR) is 70.6 cm³/mol. The van der Waals surface area contributed by atoms with E-state index < -0.39 is 5.82 Å². The van der Waals surface area contributed by atoms with Crippen molar-refractivity contribution < 1.29 is 9.18 Å². The second-order valence-electron chi connectivity index (χ2n) is 4.19. The Hall–Kier alpha value is -0.900. The molecule has 0 unspecified atom stereocenters. The van der Waals surface area contributed by atoms with E-state index in [0.29, 0.717) is 12.1 Å². The zero-order chi connectivity index (χ0) is 13.0. The highest BCUT2D eigenvalue weighted by atomic mass is 79.9. The number of benzene rings is 1. The molecule has 1 aromatic rings. The molecule has 1 amide bonds. The highest BCUT2D eigenvalue weighted by Gasteiger charge is 2.21. The smallest absolute Gasteiger partial charge is 0.255 e. The average molecular weight is 302 g/mol. The standard InChI is InChI=1S/C13H17BrFNO/c1-4-8-16(9(2)3)13(17)10-6-5-7-11(15)12(10)14/h5-7,9H,4,8H2,1-3H3. The number of nitrogens with zero attached hydrogens (tertiary/aromatic N) is 1. The third-order valence-electron chi connectivity index (χ3n) is 2.53. The van der Waals surface area contributed by atoms with Crippen LogP contribution in [0.5, 0.6) is 0 Å². The molecule has 94 valence electrons. The maximum atomic E-state index is 13.4. The van der Waals surface area contributed by atoms with Gasteiger partial charge in [0.05, 0.1) is 10.0 Å². The molecule has 0 bridgehead atoms. The highest BCUT2D eigenvalue weighted by Crippen LogP contribution is 2.22. The minimum Gasteiger partial charge on any atom is -0.336 e. The van der Waals surface area contributed by atoms with Gasteiger partial charge in [0.25, 0.3) is 5.91 Å². The van der Waals surface area contributed by atoms with Crippen molar-refractivity contribution in [3.63, 3.8) is 0 Å². The molecule has 0 N–H and O–H groups in total. The minimum atomic E-state index is -0.406. The van der Waals surface area contributed by atoms with Gasteiger partial charge >= 0.3 is 0 Å². The summed E-state index contributed by atoms with van der Waals surface area (Å²) in [6, 6.07) is 4.64. The highest BCUT2D eigenvalue weighted by molar-refractivity contribution is 9.10. The number of hydrogen-bond acceptors (Lipinski definition) is 1. The molecule has 17 heavy (non-hydrogen) atoms. The van der Waals surface area contributed by atoms with Crippen molar-refractivity contribution in [2.75, 3.05) is 6.54 Å². The first-order valence-corrected chi connectivity index (χ1v) is 6.53. The van der Waals surface area contributed by atoms with Gasteiger partial charge in [-0.05, 0) is 48.3 Å². The maximum Gasteiger partial charge on any atom is 0.255 e. The first-order valence-electron chi connectivity index (χ1n) is 5.74. The molecule has 0 atom stereocenters. The van der Waals surface area contributed by atoms with Crippen molar-refractivity contribution in [3.05, 3.63) is 34.1 Å². The molecule has 1 rings (SSSR count). The number of carbonyl (C=O) groups excluding carboxylic acids is 1. The van der Waals surface area contributed by atoms with Gasteiger partial charge in [-0.25, -0.2) is 4.39 Å². The summed E-state index contributed by atoms with van der Waals surface area (Å²) in [5.74, 6) is -0.538. The Labute approximate surface area is 110 Å². The molecular formula is C13H17BrFNO. The average Bonchev–Trinajstić information content (AvgIpc) is 2.28. The Balaban J connectivity index is 3.05. The zero-order valence-electron chi connectivity index (χ0n) is 10.3. The fourth-order valence-electron chi connectivity index (χ4n) is 1.66. The van der Waals surface area contributed by atoms with Gasteiger partial charge in [-0.2, -0.15) is 0 Å². The van der Waals surface area contributed by atoms with Gasteiger partial charge in [0, 0.05) is 12.6 Å². The van der Waals surface area contributed by atoms with Crippen LogP contribution in [-0.4, -0.2) is 23.4 Å². The molecule has 0 aromatic heterocycles. The first kappa shape index (κ1) is 14.2. The van der Waals surface area contributed by atoms with Crippen LogP contribution in [0, 0.1) is 5.82 Å². The summed E-state index contributed by atoms with van der Waals surface area (Å²) < 4.78 is 13.6. The van der Waals surface area contributed by atoms with Crippen molar-refractivity contribution in [1.82, 2.24) is 4.90 Å². The lowest BCUT2D eigenvalue weighted by molar-refractivity contribution is 0.0704. The summed E-state index contributed by atoms with van der Waals surface area (Å²) in [6.45, 7) is 6.62. The van der Waals surface area contributed by atoms with Crippen LogP contribution in [-0.2, 0) is 0 Å². The van der Waals surface area contributed by atoms with Gasteiger partial charge in [-0.3, -0.25) is 4.79 Å². The van der Waals surface area contributed by atoms with E-state index in [9.17, 15) is 9.18 Å². The predicted octanol–water partition coefficient (Wildman–Crippen LogP) is 3.85. The topological polar surface area (TPSA) is 20.3 Å². The largest absolute Gasteiger partial charge is 0.336 e. The molecule has 0 radical (unpaired) electrons. The molecule has 0 saturated heterocycles. The molecule has 0 saturated carbocycles. The van der Waals surface area contributed by atoms with Crippen LogP contribution in [0.3, 0.4) is 0 Å². The SMILES string of the molecule is CCCN(C(=O)c1cccc(F)c1Br)C(C)C. The molecule has 0 aliphatic heterocycles. The Morgan fingerprint density at radius 1 is 1.47 bits per heavy atom. The van der Waals surface area contributed by atoms with Gasteiger partial charge in [0.1, 0.15) is 5.82 Å². The molecular weight excluding hydrogens is 285 g/mol. The van der Waals surface area contributed by atoms with Crippen molar-refractivity contribution in [1.29, 1.82) is 0 Å². The van der Waals surface area contributed by atoms with Crippen LogP contribution in [0.2, 0.25) is 0 Å². The van der Waals surface area contributed by atoms with E-state index in [-0.39, 0.29) is 16.4 Å². The second-order valence-corrected chi connectivity index (χ2v) is 4.99. The number of rotatable bonds is 4. The molecule has 2 nitrogen and oxygen atoms in total. The first-order chi connectivity index (χ1) is 7.99. The molecule has 0 aliphatic rings. The van der Waals surface area contributed by atoms with E-state index in [1.807, 2.05) is 20.8 Å². The van der Waals surface area contributed by atoms with Crippen LogP contribution < -0.4 is 0 Å². The summed E-state index contributed by atoms with van der Waals surface area (Å²) in [5.41, 5.74) is 0.382. The van der Waals surface area contributed by atoms with Crippen LogP contribution in [0.15, 0.2) is 22.7 Å². The Morgan fingerprint density at radius 3 is 2.65 bits per heavy atom. The second kappa shape index (κ2) is 6.15. The van der Waals surface area contributed by atoms with Crippen molar-refractivity contribution >= 4 is 21.8 Å². The molecule has 0 spiro atoms. The maximum absolute atomic E-state index is 13.4. The molecule has 1 aromatic carbocycles. The van der Waals surface area contributed by atoms with Gasteiger partial charge < -0.3 is 4.90 Å². The summed E-state index contributed by atoms with van der Waals surface area (Å²) in [4.78, 5) is 14.0. The fraction of sp³-hybridized carbons (Fsp3) is 0.462. The van der Waals surface area contributed by atoms with Crippen molar-refractivity contribution in [2.24, 2.45) is 0 Å². The molecule has 4 heteroatoms. The van der Waals surface area contributed by atoms with E-state index in [2.05, 4.69) is 15.9 Å². The van der Waals surface area contributed by atoms with E-state index in [0.717, 1.165) is 6.42 Å². The third kappa shape index (κ3) is 3.28. The third-order valence-corrected chi connectivity index (χ3v) is 3.34. The van der Waals surface area contributed by atoms with E-state index in [1.165, 1.54) is 6.07 Å². The number of hydrogen-bond donors (Lipinski definition) is 0. The Bertz CT molecular complexity index is 406. The zero-order valence-corrected chi connectivity index (χ0v) is 11.9. The van der Waals surface area contributed by atoms with E-state index >= 15 is 0 Å². The van der Waals surface area contributed by atoms with E-state index in [4.69, 9.17) is 0 Å². The van der Waals surface area contributed by atoms with Crippen LogP contribution >= 0.6 is 15.9 Å². The minimum absolute atomic E-state index is 0.109. The lowest BCUT2D eigenvalue weighted by Crippen LogP contribution is -2.37. The van der Waals surface area contributed by atoms with Crippen molar-refractivity contribution in [2.45, 2.75) is 33.2 Å². The molecule has 0 fully saturated rings. The van der Waals surface area contributed by atoms with Gasteiger partial charge in [0.2, 0.25) is 0 Å². The summed E-state index contributed by atoms with van der Waals surface area (Å²) >= 11 is 3.13. The quantitative estimate of drug-likeness (QED) is 0.827. The number of halogens is 2. The lowest BCUT2D eigenvalue weighted by Gasteiger charge is -2.26. The summed E-state index contributed by atoms with van der Waals surface area (Å²) in [6.07, 6.45) is 0.886. The Morgan fingerprint density at radius 2 is 2.12 bits per heavy atom. The number of amides is 1. The van der Waals surface area contributed by atoms with Gasteiger partial charge in [-0.1, -0.05) is 13.0 Å². The molecule has 0 aliphatic carbocycles. The van der Waals surface area contributed by atoms with Crippen LogP contribution in [0.4, 0.5) is 4.39 Å². The van der Waals surface area contributed by atoms with Crippen LogP contribution in [0.25, 0.3) is 0 Å². The summed E-state index contributed by atoms with van der Waals surface area (Å²) in [7, 11) is 0. The fourth-order valence-corrected chi connectivity index (χ4v) is 2.09. The van der Waals surface area contributed by atoms with E-state index in [1.54, 1.807) is 17.0 Å². The van der Waals surface area contributed by atoms with Crippen molar-refractivity contribution in [3.8, 4) is 0 Å². The van der Waals surface area contributed by atoms with Gasteiger partial charge in [-0.15, -0.1) is 0 Å². The molecule has 0 heterocycles. The van der Waals surface area contributed by atoms with Gasteiger partial charge in [0.15, 0.2) is 0 Å².